The molecule has 0 radical (unpaired) electrons. The van der Waals surface area contributed by atoms with Crippen LogP contribution in [0, 0.1) is 11.8 Å². The lowest BCUT2D eigenvalue weighted by Gasteiger charge is -2.15. The van der Waals surface area contributed by atoms with Gasteiger partial charge in [-0.05, 0) is 68.1 Å². The van der Waals surface area contributed by atoms with E-state index in [1.54, 1.807) is 28.6 Å². The summed E-state index contributed by atoms with van der Waals surface area (Å²) in [5.41, 5.74) is 2.25. The molecular weight excluding hydrogens is 348 g/mol. The molecular formula is C20H26N2O3S. The van der Waals surface area contributed by atoms with E-state index in [9.17, 15) is 13.2 Å². The monoisotopic (exact) mass is 374 g/mol. The van der Waals surface area contributed by atoms with Crippen LogP contribution in [0.1, 0.15) is 44.1 Å². The molecule has 0 unspecified atom stereocenters. The molecule has 5 nitrogen and oxygen atoms in total. The van der Waals surface area contributed by atoms with E-state index in [-0.39, 0.29) is 5.91 Å². The summed E-state index contributed by atoms with van der Waals surface area (Å²) in [5, 5.41) is 2.93. The molecule has 3 aliphatic rings. The van der Waals surface area contributed by atoms with E-state index in [4.69, 9.17) is 0 Å². The fourth-order valence-corrected chi connectivity index (χ4v) is 5.17. The van der Waals surface area contributed by atoms with Gasteiger partial charge in [0.05, 0.1) is 4.90 Å². The summed E-state index contributed by atoms with van der Waals surface area (Å²) in [7, 11) is -3.37. The van der Waals surface area contributed by atoms with Crippen molar-refractivity contribution in [2.75, 3.05) is 13.1 Å². The van der Waals surface area contributed by atoms with Gasteiger partial charge in [-0.15, -0.1) is 0 Å². The summed E-state index contributed by atoms with van der Waals surface area (Å²) < 4.78 is 26.6. The van der Waals surface area contributed by atoms with Crippen LogP contribution in [-0.4, -0.2) is 31.7 Å². The minimum Gasteiger partial charge on any atom is -0.348 e. The SMILES string of the molecule is O=C(C=C(C1CC1)C1CC1)NCc1ccc(S(=O)(=O)N2CCCC2)cc1. The van der Waals surface area contributed by atoms with E-state index in [0.29, 0.717) is 36.4 Å². The number of allylic oxidation sites excluding steroid dienone is 1. The van der Waals surface area contributed by atoms with Gasteiger partial charge in [0.15, 0.2) is 0 Å². The van der Waals surface area contributed by atoms with Crippen LogP contribution < -0.4 is 5.32 Å². The first kappa shape index (κ1) is 17.7. The summed E-state index contributed by atoms with van der Waals surface area (Å²) in [5.74, 6) is 1.25. The van der Waals surface area contributed by atoms with Crippen molar-refractivity contribution in [1.29, 1.82) is 0 Å². The van der Waals surface area contributed by atoms with E-state index in [1.165, 1.54) is 31.3 Å². The molecule has 1 amide bonds. The Morgan fingerprint density at radius 3 is 2.15 bits per heavy atom. The number of benzene rings is 1. The number of nitrogens with one attached hydrogen (secondary N) is 1. The number of hydrogen-bond donors (Lipinski definition) is 1. The summed E-state index contributed by atoms with van der Waals surface area (Å²) in [6, 6.07) is 6.86. The van der Waals surface area contributed by atoms with Gasteiger partial charge in [0.25, 0.3) is 0 Å². The number of sulfonamides is 1. The lowest BCUT2D eigenvalue weighted by Crippen LogP contribution is -2.27. The Balaban J connectivity index is 1.35. The predicted octanol–water partition coefficient (Wildman–Crippen LogP) is 2.83. The zero-order valence-corrected chi connectivity index (χ0v) is 15.8. The van der Waals surface area contributed by atoms with Crippen molar-refractivity contribution in [3.05, 3.63) is 41.5 Å². The molecule has 0 atom stereocenters. The second kappa shape index (κ2) is 7.16. The third-order valence-corrected chi connectivity index (χ3v) is 7.40. The van der Waals surface area contributed by atoms with E-state index < -0.39 is 10.0 Å². The number of amides is 1. The Labute approximate surface area is 155 Å². The van der Waals surface area contributed by atoms with Crippen LogP contribution in [0.15, 0.2) is 40.8 Å². The lowest BCUT2D eigenvalue weighted by atomic mass is 10.1. The number of rotatable bonds is 7. The molecule has 1 saturated heterocycles. The first-order valence-corrected chi connectivity index (χ1v) is 11.1. The fourth-order valence-electron chi connectivity index (χ4n) is 3.65. The molecule has 3 fully saturated rings. The van der Waals surface area contributed by atoms with Crippen LogP contribution in [-0.2, 0) is 21.4 Å². The molecule has 1 heterocycles. The van der Waals surface area contributed by atoms with Gasteiger partial charge in [0.2, 0.25) is 15.9 Å². The van der Waals surface area contributed by atoms with Gasteiger partial charge in [0, 0.05) is 25.7 Å². The zero-order valence-electron chi connectivity index (χ0n) is 15.0. The fraction of sp³-hybridized carbons (Fsp3) is 0.550. The van der Waals surface area contributed by atoms with Crippen LogP contribution in [0.4, 0.5) is 0 Å². The topological polar surface area (TPSA) is 66.5 Å². The van der Waals surface area contributed by atoms with Crippen molar-refractivity contribution in [2.45, 2.75) is 50.0 Å². The van der Waals surface area contributed by atoms with Gasteiger partial charge in [-0.1, -0.05) is 17.7 Å². The highest BCUT2D eigenvalue weighted by Gasteiger charge is 2.36. The average molecular weight is 375 g/mol. The van der Waals surface area contributed by atoms with Gasteiger partial charge in [0.1, 0.15) is 0 Å². The van der Waals surface area contributed by atoms with Crippen LogP contribution >= 0.6 is 0 Å². The molecule has 26 heavy (non-hydrogen) atoms. The van der Waals surface area contributed by atoms with Crippen LogP contribution in [0.25, 0.3) is 0 Å². The summed E-state index contributed by atoms with van der Waals surface area (Å²) in [6.07, 6.45) is 8.57. The highest BCUT2D eigenvalue weighted by atomic mass is 32.2. The quantitative estimate of drug-likeness (QED) is 0.747. The first-order valence-electron chi connectivity index (χ1n) is 9.62. The van der Waals surface area contributed by atoms with Crippen molar-refractivity contribution < 1.29 is 13.2 Å². The number of carbonyl (C=O) groups excluding carboxylic acids is 1. The summed E-state index contributed by atoms with van der Waals surface area (Å²) in [6.45, 7) is 1.63. The maximum absolute atomic E-state index is 12.5. The first-order chi connectivity index (χ1) is 12.5. The Hall–Kier alpha value is -1.66. The summed E-state index contributed by atoms with van der Waals surface area (Å²) in [4.78, 5) is 12.5. The van der Waals surface area contributed by atoms with Crippen molar-refractivity contribution in [2.24, 2.45) is 11.8 Å². The predicted molar refractivity (Wildman–Crippen MR) is 99.8 cm³/mol. The zero-order chi connectivity index (χ0) is 18.1. The standard InChI is InChI=1S/C20H26N2O3S/c23-20(13-19(16-5-6-16)17-7-8-17)21-14-15-3-9-18(10-4-15)26(24,25)22-11-1-2-12-22/h3-4,9-10,13,16-17H,1-2,5-8,11-12,14H2,(H,21,23). The Bertz CT molecular complexity index is 786. The highest BCUT2D eigenvalue weighted by Crippen LogP contribution is 2.48. The third kappa shape index (κ3) is 4.01. The maximum atomic E-state index is 12.5. The smallest absolute Gasteiger partial charge is 0.244 e. The molecule has 0 bridgehead atoms. The van der Waals surface area contributed by atoms with Gasteiger partial charge in [-0.2, -0.15) is 4.31 Å². The lowest BCUT2D eigenvalue weighted by molar-refractivity contribution is -0.116. The van der Waals surface area contributed by atoms with Crippen LogP contribution in [0.2, 0.25) is 0 Å². The van der Waals surface area contributed by atoms with Crippen molar-refractivity contribution in [1.82, 2.24) is 9.62 Å². The molecule has 1 aromatic carbocycles. The van der Waals surface area contributed by atoms with Crippen molar-refractivity contribution in [3.8, 4) is 0 Å². The molecule has 1 aromatic rings. The van der Waals surface area contributed by atoms with E-state index in [2.05, 4.69) is 5.32 Å². The Morgan fingerprint density at radius 2 is 1.62 bits per heavy atom. The molecule has 0 spiro atoms. The molecule has 140 valence electrons. The minimum atomic E-state index is -3.37. The van der Waals surface area contributed by atoms with Crippen molar-refractivity contribution >= 4 is 15.9 Å². The number of nitrogens with zero attached hydrogens (tertiary/aromatic N) is 1. The normalized spacial score (nSPS) is 20.8. The maximum Gasteiger partial charge on any atom is 0.244 e. The largest absolute Gasteiger partial charge is 0.348 e. The molecule has 1 aliphatic heterocycles. The molecule has 1 N–H and O–H groups in total. The number of carbonyl (C=O) groups is 1. The highest BCUT2D eigenvalue weighted by molar-refractivity contribution is 7.89. The number of hydrogen-bond acceptors (Lipinski definition) is 3. The van der Waals surface area contributed by atoms with Gasteiger partial charge < -0.3 is 5.32 Å². The Kier molecular flexibility index (Phi) is 4.88. The molecule has 6 heteroatoms. The minimum absolute atomic E-state index is 0.0347. The van der Waals surface area contributed by atoms with Crippen LogP contribution in [0.3, 0.4) is 0 Å². The third-order valence-electron chi connectivity index (χ3n) is 5.49. The second-order valence-corrected chi connectivity index (χ2v) is 9.60. The average Bonchev–Trinajstić information content (AvgIpc) is 3.58. The second-order valence-electron chi connectivity index (χ2n) is 7.67. The summed E-state index contributed by atoms with van der Waals surface area (Å²) >= 11 is 0. The van der Waals surface area contributed by atoms with E-state index >= 15 is 0 Å². The molecule has 4 rings (SSSR count). The van der Waals surface area contributed by atoms with E-state index in [0.717, 1.165) is 18.4 Å². The molecule has 2 saturated carbocycles. The van der Waals surface area contributed by atoms with Gasteiger partial charge in [-0.25, -0.2) is 8.42 Å². The van der Waals surface area contributed by atoms with Crippen LogP contribution in [0.5, 0.6) is 0 Å². The van der Waals surface area contributed by atoms with Crippen molar-refractivity contribution in [3.63, 3.8) is 0 Å². The van der Waals surface area contributed by atoms with Gasteiger partial charge >= 0.3 is 0 Å². The molecule has 2 aliphatic carbocycles. The van der Waals surface area contributed by atoms with Gasteiger partial charge in [-0.3, -0.25) is 4.79 Å². The van der Waals surface area contributed by atoms with E-state index in [1.807, 2.05) is 6.08 Å². The Morgan fingerprint density at radius 1 is 1.04 bits per heavy atom. The molecule has 0 aromatic heterocycles.